The van der Waals surface area contributed by atoms with Crippen molar-refractivity contribution in [3.8, 4) is 34.1 Å². The number of rotatable bonds is 2. The molecule has 32 heavy (non-hydrogen) atoms. The fraction of sp³-hybridized carbons (Fsp3) is 0.0833. The molecular formula is C24H15ClO7. The van der Waals surface area contributed by atoms with Gasteiger partial charge in [-0.3, -0.25) is 9.59 Å². The van der Waals surface area contributed by atoms with E-state index in [1.165, 1.54) is 36.6 Å². The second-order valence-corrected chi connectivity index (χ2v) is 7.89. The van der Waals surface area contributed by atoms with E-state index in [4.69, 9.17) is 20.8 Å². The minimum absolute atomic E-state index is 0.0442. The van der Waals surface area contributed by atoms with Crippen molar-refractivity contribution in [2.75, 3.05) is 0 Å². The molecule has 1 atom stereocenters. The topological polar surface area (TPSA) is 117 Å². The van der Waals surface area contributed by atoms with Crippen LogP contribution in [-0.2, 0) is 4.79 Å². The van der Waals surface area contributed by atoms with Crippen LogP contribution in [0.1, 0.15) is 23.5 Å². The number of hydrogen-bond donors (Lipinski definition) is 3. The molecule has 3 aromatic carbocycles. The highest BCUT2D eigenvalue weighted by atomic mass is 35.5. The lowest BCUT2D eigenvalue weighted by Crippen LogP contribution is -2.22. The first-order chi connectivity index (χ1) is 15.3. The van der Waals surface area contributed by atoms with Crippen molar-refractivity contribution in [2.45, 2.75) is 12.3 Å². The summed E-state index contributed by atoms with van der Waals surface area (Å²) >= 11 is 6.07. The molecule has 1 aromatic heterocycles. The van der Waals surface area contributed by atoms with E-state index in [9.17, 15) is 24.9 Å². The maximum Gasteiger partial charge on any atom is 0.312 e. The molecule has 0 spiro atoms. The van der Waals surface area contributed by atoms with Crippen molar-refractivity contribution in [1.82, 2.24) is 0 Å². The fourth-order valence-electron chi connectivity index (χ4n) is 4.00. The first kappa shape index (κ1) is 20.0. The predicted molar refractivity (Wildman–Crippen MR) is 116 cm³/mol. The minimum atomic E-state index is -0.574. The number of carbonyl (C=O) groups is 1. The zero-order valence-electron chi connectivity index (χ0n) is 16.3. The van der Waals surface area contributed by atoms with Gasteiger partial charge in [-0.25, -0.2) is 0 Å². The fourth-order valence-corrected chi connectivity index (χ4v) is 4.19. The Morgan fingerprint density at radius 3 is 2.41 bits per heavy atom. The highest BCUT2D eigenvalue weighted by molar-refractivity contribution is 6.32. The van der Waals surface area contributed by atoms with Gasteiger partial charge < -0.3 is 24.5 Å². The molecule has 4 aromatic rings. The van der Waals surface area contributed by atoms with Crippen LogP contribution in [0.15, 0.2) is 64.0 Å². The summed E-state index contributed by atoms with van der Waals surface area (Å²) in [6.45, 7) is 0. The van der Waals surface area contributed by atoms with E-state index in [1.54, 1.807) is 18.2 Å². The summed E-state index contributed by atoms with van der Waals surface area (Å²) in [6.07, 6.45) is 1.23. The molecule has 0 fully saturated rings. The van der Waals surface area contributed by atoms with Gasteiger partial charge in [0.1, 0.15) is 40.2 Å². The van der Waals surface area contributed by atoms with Crippen LogP contribution in [0.3, 0.4) is 0 Å². The first-order valence-corrected chi connectivity index (χ1v) is 10.0. The normalized spacial score (nSPS) is 15.4. The molecule has 1 aliphatic rings. The number of esters is 1. The molecule has 160 valence electrons. The standard InChI is InChI=1S/C24H15ClO7/c25-16-7-12(3-6-17(16)27)14-8-20(29)32-19-9-18(28)22-23(30)15(10-31-24(22)21(14)19)11-1-4-13(26)5-2-11/h1-7,9-10,14,26-28H,8H2/t14-/m1/s1. The lowest BCUT2D eigenvalue weighted by Gasteiger charge is -2.26. The molecule has 8 heteroatoms. The molecule has 0 amide bonds. The largest absolute Gasteiger partial charge is 0.508 e. The Labute approximate surface area is 185 Å². The smallest absolute Gasteiger partial charge is 0.312 e. The van der Waals surface area contributed by atoms with Crippen LogP contribution in [0, 0.1) is 0 Å². The van der Waals surface area contributed by atoms with Gasteiger partial charge in [0.2, 0.25) is 5.43 Å². The number of hydrogen-bond acceptors (Lipinski definition) is 7. The minimum Gasteiger partial charge on any atom is -0.508 e. The highest BCUT2D eigenvalue weighted by Crippen LogP contribution is 2.46. The zero-order valence-corrected chi connectivity index (χ0v) is 17.1. The van der Waals surface area contributed by atoms with Crippen LogP contribution < -0.4 is 10.2 Å². The molecule has 0 saturated heterocycles. The monoisotopic (exact) mass is 450 g/mol. The quantitative estimate of drug-likeness (QED) is 0.300. The summed E-state index contributed by atoms with van der Waals surface area (Å²) in [5.74, 6) is -1.45. The van der Waals surface area contributed by atoms with Gasteiger partial charge in [-0.1, -0.05) is 29.8 Å². The summed E-state index contributed by atoms with van der Waals surface area (Å²) in [6, 6.07) is 11.8. The van der Waals surface area contributed by atoms with Crippen molar-refractivity contribution in [2.24, 2.45) is 0 Å². The second kappa shape index (κ2) is 7.32. The molecule has 0 radical (unpaired) electrons. The van der Waals surface area contributed by atoms with E-state index in [1.807, 2.05) is 0 Å². The van der Waals surface area contributed by atoms with E-state index in [0.717, 1.165) is 0 Å². The van der Waals surface area contributed by atoms with E-state index in [2.05, 4.69) is 0 Å². The van der Waals surface area contributed by atoms with Gasteiger partial charge in [0.15, 0.2) is 0 Å². The maximum absolute atomic E-state index is 13.3. The third-order valence-corrected chi connectivity index (χ3v) is 5.83. The van der Waals surface area contributed by atoms with E-state index in [0.29, 0.717) is 16.7 Å². The summed E-state index contributed by atoms with van der Waals surface area (Å²) < 4.78 is 11.2. The predicted octanol–water partition coefficient (Wildman–Crippen LogP) is 4.67. The molecule has 0 saturated carbocycles. The van der Waals surface area contributed by atoms with Gasteiger partial charge in [0.25, 0.3) is 0 Å². The molecular weight excluding hydrogens is 436 g/mol. The summed E-state index contributed by atoms with van der Waals surface area (Å²) in [5, 5.41) is 29.9. The van der Waals surface area contributed by atoms with Crippen LogP contribution in [0.5, 0.6) is 23.0 Å². The number of phenols is 3. The first-order valence-electron chi connectivity index (χ1n) is 9.63. The third kappa shape index (κ3) is 3.14. The Morgan fingerprint density at radius 1 is 0.938 bits per heavy atom. The third-order valence-electron chi connectivity index (χ3n) is 5.52. The number of fused-ring (bicyclic) bond motifs is 3. The zero-order chi connectivity index (χ0) is 22.6. The van der Waals surface area contributed by atoms with Crippen molar-refractivity contribution in [3.63, 3.8) is 0 Å². The van der Waals surface area contributed by atoms with E-state index >= 15 is 0 Å². The van der Waals surface area contributed by atoms with Crippen LogP contribution >= 0.6 is 11.6 Å². The van der Waals surface area contributed by atoms with Gasteiger partial charge in [0.05, 0.1) is 17.0 Å². The van der Waals surface area contributed by atoms with Gasteiger partial charge in [-0.2, -0.15) is 0 Å². The van der Waals surface area contributed by atoms with Crippen LogP contribution in [0.25, 0.3) is 22.1 Å². The van der Waals surface area contributed by atoms with Gasteiger partial charge in [-0.05, 0) is 35.4 Å². The van der Waals surface area contributed by atoms with Crippen molar-refractivity contribution in [3.05, 3.63) is 81.2 Å². The Bertz CT molecular complexity index is 1450. The van der Waals surface area contributed by atoms with Crippen LogP contribution in [0.4, 0.5) is 0 Å². The summed E-state index contributed by atoms with van der Waals surface area (Å²) in [7, 11) is 0. The van der Waals surface area contributed by atoms with Crippen LogP contribution in [0.2, 0.25) is 5.02 Å². The lowest BCUT2D eigenvalue weighted by atomic mass is 9.85. The Balaban J connectivity index is 1.77. The molecule has 5 rings (SSSR count). The molecule has 0 bridgehead atoms. The van der Waals surface area contributed by atoms with Gasteiger partial charge in [-0.15, -0.1) is 0 Å². The molecule has 2 heterocycles. The molecule has 0 unspecified atom stereocenters. The average molecular weight is 451 g/mol. The Hall–Kier alpha value is -3.97. The second-order valence-electron chi connectivity index (χ2n) is 7.48. The summed E-state index contributed by atoms with van der Waals surface area (Å²) in [5.41, 5.74) is 1.36. The molecule has 7 nitrogen and oxygen atoms in total. The lowest BCUT2D eigenvalue weighted by molar-refractivity contribution is -0.135. The van der Waals surface area contributed by atoms with E-state index in [-0.39, 0.29) is 51.0 Å². The maximum atomic E-state index is 13.3. The number of halogens is 1. The average Bonchev–Trinajstić information content (AvgIpc) is 2.75. The van der Waals surface area contributed by atoms with Crippen LogP contribution in [-0.4, -0.2) is 21.3 Å². The number of aromatic hydroxyl groups is 3. The number of carbonyl (C=O) groups excluding carboxylic acids is 1. The molecule has 1 aliphatic heterocycles. The highest BCUT2D eigenvalue weighted by Gasteiger charge is 2.34. The van der Waals surface area contributed by atoms with Gasteiger partial charge in [0, 0.05) is 17.5 Å². The Morgan fingerprint density at radius 2 is 1.69 bits per heavy atom. The number of benzene rings is 3. The summed E-state index contributed by atoms with van der Waals surface area (Å²) in [4.78, 5) is 25.5. The molecule has 3 N–H and O–H groups in total. The number of ether oxygens (including phenoxy) is 1. The Kier molecular flexibility index (Phi) is 4.56. The molecule has 0 aliphatic carbocycles. The van der Waals surface area contributed by atoms with Gasteiger partial charge >= 0.3 is 5.97 Å². The van der Waals surface area contributed by atoms with Crippen molar-refractivity contribution in [1.29, 1.82) is 0 Å². The van der Waals surface area contributed by atoms with Crippen molar-refractivity contribution < 1.29 is 29.3 Å². The number of phenolic OH excluding ortho intramolecular Hbond substituents is 3. The van der Waals surface area contributed by atoms with Crippen molar-refractivity contribution >= 4 is 28.5 Å². The van der Waals surface area contributed by atoms with E-state index < -0.39 is 17.3 Å². The SMILES string of the molecule is O=C1C[C@H](c2ccc(O)c(Cl)c2)c2c(cc(O)c3c(=O)c(-c4ccc(O)cc4)coc23)O1.